The van der Waals surface area contributed by atoms with Crippen LogP contribution >= 0.6 is 11.6 Å². The lowest BCUT2D eigenvalue weighted by Crippen LogP contribution is -2.25. The lowest BCUT2D eigenvalue weighted by atomic mass is 9.89. The zero-order valence-electron chi connectivity index (χ0n) is 10.2. The fourth-order valence-electron chi connectivity index (χ4n) is 2.80. The number of anilines is 1. The molecular formula is C12H17ClN4O. The van der Waals surface area contributed by atoms with Crippen molar-refractivity contribution < 1.29 is 4.79 Å². The lowest BCUT2D eigenvalue weighted by Gasteiger charge is -2.18. The van der Waals surface area contributed by atoms with Crippen molar-refractivity contribution in [2.75, 3.05) is 11.4 Å². The van der Waals surface area contributed by atoms with Crippen molar-refractivity contribution in [3.8, 4) is 0 Å². The van der Waals surface area contributed by atoms with E-state index < -0.39 is 0 Å². The maximum atomic E-state index is 11.7. The third-order valence-corrected chi connectivity index (χ3v) is 4.09. The number of carbonyl (C=O) groups excluding carboxylic acids is 1. The van der Waals surface area contributed by atoms with Gasteiger partial charge in [-0.2, -0.15) is 4.98 Å². The molecule has 1 atom stereocenters. The number of amides is 1. The summed E-state index contributed by atoms with van der Waals surface area (Å²) in [6.07, 6.45) is 6.55. The molecule has 1 aromatic heterocycles. The molecular weight excluding hydrogens is 252 g/mol. The van der Waals surface area contributed by atoms with Gasteiger partial charge in [-0.05, 0) is 12.8 Å². The molecule has 1 aliphatic carbocycles. The first-order valence-electron chi connectivity index (χ1n) is 6.61. The van der Waals surface area contributed by atoms with Crippen molar-refractivity contribution in [2.24, 2.45) is 0 Å². The molecule has 2 aliphatic rings. The van der Waals surface area contributed by atoms with Crippen LogP contribution in [0.3, 0.4) is 0 Å². The van der Waals surface area contributed by atoms with Crippen LogP contribution in [0, 0.1) is 0 Å². The van der Waals surface area contributed by atoms with Gasteiger partial charge < -0.3 is 0 Å². The first-order chi connectivity index (χ1) is 8.74. The SMILES string of the molecule is O=C1CC(Cl)CN1c1n[nH]c(C2CCCCC2)n1. The van der Waals surface area contributed by atoms with Crippen molar-refractivity contribution in [1.29, 1.82) is 0 Å². The predicted molar refractivity (Wildman–Crippen MR) is 68.8 cm³/mol. The third kappa shape index (κ3) is 2.23. The molecule has 2 heterocycles. The number of hydrogen-bond acceptors (Lipinski definition) is 3. The Balaban J connectivity index is 1.74. The Labute approximate surface area is 111 Å². The van der Waals surface area contributed by atoms with Crippen molar-refractivity contribution in [1.82, 2.24) is 15.2 Å². The van der Waals surface area contributed by atoms with Crippen LogP contribution in [-0.2, 0) is 4.79 Å². The van der Waals surface area contributed by atoms with Crippen LogP contribution in [0.15, 0.2) is 0 Å². The van der Waals surface area contributed by atoms with Crippen LogP contribution in [0.5, 0.6) is 0 Å². The van der Waals surface area contributed by atoms with Crippen molar-refractivity contribution in [3.05, 3.63) is 5.82 Å². The number of carbonyl (C=O) groups is 1. The molecule has 18 heavy (non-hydrogen) atoms. The Hall–Kier alpha value is -1.10. The minimum Gasteiger partial charge on any atom is -0.278 e. The molecule has 98 valence electrons. The predicted octanol–water partition coefficient (Wildman–Crippen LogP) is 2.20. The Kier molecular flexibility index (Phi) is 3.24. The molecule has 1 aromatic rings. The normalized spacial score (nSPS) is 25.9. The minimum absolute atomic E-state index is 0.0178. The van der Waals surface area contributed by atoms with Crippen LogP contribution in [-0.4, -0.2) is 33.0 Å². The smallest absolute Gasteiger partial charge is 0.251 e. The zero-order chi connectivity index (χ0) is 12.5. The van der Waals surface area contributed by atoms with Crippen LogP contribution in [0.25, 0.3) is 0 Å². The van der Waals surface area contributed by atoms with Gasteiger partial charge in [-0.25, -0.2) is 0 Å². The van der Waals surface area contributed by atoms with Gasteiger partial charge in [-0.15, -0.1) is 16.7 Å². The topological polar surface area (TPSA) is 61.9 Å². The fourth-order valence-corrected chi connectivity index (χ4v) is 3.07. The van der Waals surface area contributed by atoms with Gasteiger partial charge in [0.2, 0.25) is 5.91 Å². The Morgan fingerprint density at radius 3 is 2.72 bits per heavy atom. The molecule has 0 bridgehead atoms. The maximum absolute atomic E-state index is 11.7. The van der Waals surface area contributed by atoms with Crippen LogP contribution < -0.4 is 4.90 Å². The van der Waals surface area contributed by atoms with Gasteiger partial charge in [0, 0.05) is 18.9 Å². The number of nitrogens with one attached hydrogen (secondary N) is 1. The second-order valence-corrected chi connectivity index (χ2v) is 5.78. The second-order valence-electron chi connectivity index (χ2n) is 5.16. The highest BCUT2D eigenvalue weighted by atomic mass is 35.5. The highest BCUT2D eigenvalue weighted by Gasteiger charge is 2.32. The average Bonchev–Trinajstić information content (AvgIpc) is 2.97. The highest BCUT2D eigenvalue weighted by Crippen LogP contribution is 2.31. The average molecular weight is 269 g/mol. The molecule has 1 saturated carbocycles. The summed E-state index contributed by atoms with van der Waals surface area (Å²) in [7, 11) is 0. The van der Waals surface area contributed by atoms with E-state index in [0.29, 0.717) is 24.8 Å². The Bertz CT molecular complexity index is 441. The number of nitrogens with zero attached hydrogens (tertiary/aromatic N) is 3. The monoisotopic (exact) mass is 268 g/mol. The molecule has 6 heteroatoms. The Morgan fingerprint density at radius 1 is 1.28 bits per heavy atom. The van der Waals surface area contributed by atoms with E-state index in [1.165, 1.54) is 32.1 Å². The summed E-state index contributed by atoms with van der Waals surface area (Å²) >= 11 is 5.98. The standard InChI is InChI=1S/C12H17ClN4O/c13-9-6-10(18)17(7-9)12-14-11(15-16-12)8-4-2-1-3-5-8/h8-9H,1-7H2,(H,14,15,16). The van der Waals surface area contributed by atoms with Crippen molar-refractivity contribution >= 4 is 23.5 Å². The molecule has 2 fully saturated rings. The van der Waals surface area contributed by atoms with Gasteiger partial charge in [-0.1, -0.05) is 19.3 Å². The van der Waals surface area contributed by atoms with E-state index in [4.69, 9.17) is 11.6 Å². The molecule has 1 aliphatic heterocycles. The molecule has 1 N–H and O–H groups in total. The number of alkyl halides is 1. The minimum atomic E-state index is -0.117. The summed E-state index contributed by atoms with van der Waals surface area (Å²) < 4.78 is 0. The van der Waals surface area contributed by atoms with Gasteiger partial charge in [-0.3, -0.25) is 14.8 Å². The summed E-state index contributed by atoms with van der Waals surface area (Å²) in [5.41, 5.74) is 0. The van der Waals surface area contributed by atoms with Gasteiger partial charge in [0.1, 0.15) is 5.82 Å². The van der Waals surface area contributed by atoms with E-state index in [-0.39, 0.29) is 11.3 Å². The number of aromatic nitrogens is 3. The Morgan fingerprint density at radius 2 is 2.06 bits per heavy atom. The van der Waals surface area contributed by atoms with Gasteiger partial charge in [0.15, 0.2) is 0 Å². The molecule has 0 radical (unpaired) electrons. The van der Waals surface area contributed by atoms with E-state index >= 15 is 0 Å². The maximum Gasteiger partial charge on any atom is 0.251 e. The molecule has 5 nitrogen and oxygen atoms in total. The highest BCUT2D eigenvalue weighted by molar-refractivity contribution is 6.24. The molecule has 1 amide bonds. The van der Waals surface area contributed by atoms with E-state index in [9.17, 15) is 4.79 Å². The van der Waals surface area contributed by atoms with Crippen LogP contribution in [0.1, 0.15) is 50.3 Å². The number of rotatable bonds is 2. The number of hydrogen-bond donors (Lipinski definition) is 1. The van der Waals surface area contributed by atoms with Gasteiger partial charge >= 0.3 is 0 Å². The molecule has 1 unspecified atom stereocenters. The zero-order valence-corrected chi connectivity index (χ0v) is 11.0. The van der Waals surface area contributed by atoms with Crippen molar-refractivity contribution in [2.45, 2.75) is 49.8 Å². The molecule has 0 aromatic carbocycles. The quantitative estimate of drug-likeness (QED) is 0.837. The third-order valence-electron chi connectivity index (χ3n) is 3.80. The van der Waals surface area contributed by atoms with Crippen LogP contribution in [0.4, 0.5) is 5.95 Å². The molecule has 1 saturated heterocycles. The second kappa shape index (κ2) is 4.88. The first-order valence-corrected chi connectivity index (χ1v) is 7.04. The lowest BCUT2D eigenvalue weighted by molar-refractivity contribution is -0.117. The summed E-state index contributed by atoms with van der Waals surface area (Å²) in [5.74, 6) is 1.91. The number of H-pyrrole nitrogens is 1. The van der Waals surface area contributed by atoms with E-state index in [0.717, 1.165) is 5.82 Å². The first kappa shape index (κ1) is 12.0. The molecule has 0 spiro atoms. The summed E-state index contributed by atoms with van der Waals surface area (Å²) in [6.45, 7) is 0.516. The number of aromatic amines is 1. The van der Waals surface area contributed by atoms with Crippen molar-refractivity contribution in [3.63, 3.8) is 0 Å². The largest absolute Gasteiger partial charge is 0.278 e. The summed E-state index contributed by atoms with van der Waals surface area (Å²) in [6, 6.07) is 0. The fraction of sp³-hybridized carbons (Fsp3) is 0.750. The summed E-state index contributed by atoms with van der Waals surface area (Å²) in [4.78, 5) is 17.8. The van der Waals surface area contributed by atoms with Gasteiger partial charge in [0.05, 0.1) is 5.38 Å². The van der Waals surface area contributed by atoms with Gasteiger partial charge in [0.25, 0.3) is 5.95 Å². The number of halogens is 1. The summed E-state index contributed by atoms with van der Waals surface area (Å²) in [5, 5.41) is 7.04. The molecule has 3 rings (SSSR count). The van der Waals surface area contributed by atoms with E-state index in [1.807, 2.05) is 0 Å². The van der Waals surface area contributed by atoms with Crippen LogP contribution in [0.2, 0.25) is 0 Å². The van der Waals surface area contributed by atoms with E-state index in [2.05, 4.69) is 15.2 Å². The van der Waals surface area contributed by atoms with E-state index in [1.54, 1.807) is 4.90 Å².